The number of nitro groups is 1. The molecule has 1 aromatic rings. The Morgan fingerprint density at radius 3 is 2.59 bits per heavy atom. The fourth-order valence-electron chi connectivity index (χ4n) is 2.76. The maximum absolute atomic E-state index is 11.9. The topological polar surface area (TPSA) is 81.9 Å². The third-order valence-electron chi connectivity index (χ3n) is 3.95. The van der Waals surface area contributed by atoms with Gasteiger partial charge in [0, 0.05) is 38.9 Å². The lowest BCUT2D eigenvalue weighted by molar-refractivity contribution is -0.384. The van der Waals surface area contributed by atoms with Crippen molar-refractivity contribution >= 4 is 17.3 Å². The lowest BCUT2D eigenvalue weighted by Gasteiger charge is -2.34. The normalized spacial score (nSPS) is 15.6. The van der Waals surface area contributed by atoms with Crippen LogP contribution in [-0.4, -0.2) is 44.8 Å². The number of anilines is 1. The van der Waals surface area contributed by atoms with Crippen LogP contribution in [0.15, 0.2) is 18.2 Å². The number of rotatable bonds is 5. The van der Waals surface area contributed by atoms with E-state index in [1.54, 1.807) is 13.2 Å². The Kier molecular flexibility index (Phi) is 5.32. The molecule has 1 saturated heterocycles. The van der Waals surface area contributed by atoms with Gasteiger partial charge in [0.2, 0.25) is 0 Å². The maximum Gasteiger partial charge on any atom is 0.340 e. The van der Waals surface area contributed by atoms with Crippen LogP contribution >= 0.6 is 0 Å². The van der Waals surface area contributed by atoms with Crippen molar-refractivity contribution in [2.45, 2.75) is 12.8 Å². The van der Waals surface area contributed by atoms with Crippen LogP contribution in [0, 0.1) is 16.0 Å². The molecule has 0 atom stereocenters. The van der Waals surface area contributed by atoms with Crippen LogP contribution in [-0.2, 0) is 9.47 Å². The number of esters is 1. The Morgan fingerprint density at radius 1 is 1.36 bits per heavy atom. The standard InChI is InChI=1S/C15H20N2O5/c1-21-10-11-5-7-16(8-6-11)14-4-3-12(17(19)20)9-13(14)15(18)22-2/h3-4,9,11H,5-8,10H2,1-2H3. The minimum Gasteiger partial charge on any atom is -0.465 e. The molecule has 0 unspecified atom stereocenters. The number of nitro benzene ring substituents is 1. The van der Waals surface area contributed by atoms with Crippen molar-refractivity contribution in [1.29, 1.82) is 0 Å². The molecule has 7 heteroatoms. The predicted octanol–water partition coefficient (Wildman–Crippen LogP) is 2.24. The van der Waals surface area contributed by atoms with Gasteiger partial charge in [0.15, 0.2) is 0 Å². The fourth-order valence-corrected chi connectivity index (χ4v) is 2.76. The number of hydrogen-bond acceptors (Lipinski definition) is 6. The minimum absolute atomic E-state index is 0.113. The van der Waals surface area contributed by atoms with Gasteiger partial charge in [0.1, 0.15) is 0 Å². The maximum atomic E-state index is 11.9. The molecule has 1 fully saturated rings. The molecule has 22 heavy (non-hydrogen) atoms. The Balaban J connectivity index is 2.23. The number of non-ortho nitro benzene ring substituents is 1. The van der Waals surface area contributed by atoms with E-state index < -0.39 is 10.9 Å². The molecule has 0 amide bonds. The van der Waals surface area contributed by atoms with Crippen molar-refractivity contribution < 1.29 is 19.2 Å². The van der Waals surface area contributed by atoms with Gasteiger partial charge in [-0.25, -0.2) is 4.79 Å². The first-order chi connectivity index (χ1) is 10.6. The van der Waals surface area contributed by atoms with E-state index in [2.05, 4.69) is 4.90 Å². The average molecular weight is 308 g/mol. The second-order valence-corrected chi connectivity index (χ2v) is 5.34. The SMILES string of the molecule is COCC1CCN(c2ccc([N+](=O)[O-])cc2C(=O)OC)CC1. The van der Waals surface area contributed by atoms with E-state index in [0.29, 0.717) is 11.6 Å². The fraction of sp³-hybridized carbons (Fsp3) is 0.533. The molecule has 120 valence electrons. The van der Waals surface area contributed by atoms with E-state index in [4.69, 9.17) is 9.47 Å². The molecule has 0 aliphatic carbocycles. The largest absolute Gasteiger partial charge is 0.465 e. The molecule has 2 rings (SSSR count). The van der Waals surface area contributed by atoms with E-state index in [-0.39, 0.29) is 11.3 Å². The first-order valence-corrected chi connectivity index (χ1v) is 7.17. The van der Waals surface area contributed by atoms with Gasteiger partial charge in [-0.3, -0.25) is 10.1 Å². The van der Waals surface area contributed by atoms with E-state index >= 15 is 0 Å². The quantitative estimate of drug-likeness (QED) is 0.471. The van der Waals surface area contributed by atoms with Crippen molar-refractivity contribution in [3.63, 3.8) is 0 Å². The van der Waals surface area contributed by atoms with Gasteiger partial charge in [-0.1, -0.05) is 0 Å². The molecular formula is C15H20N2O5. The number of nitrogens with zero attached hydrogens (tertiary/aromatic N) is 2. The Hall–Kier alpha value is -2.15. The van der Waals surface area contributed by atoms with Gasteiger partial charge in [-0.2, -0.15) is 0 Å². The molecule has 1 heterocycles. The number of ether oxygens (including phenoxy) is 2. The summed E-state index contributed by atoms with van der Waals surface area (Å²) in [4.78, 5) is 24.4. The molecular weight excluding hydrogens is 288 g/mol. The van der Waals surface area contributed by atoms with Crippen LogP contribution in [0.25, 0.3) is 0 Å². The number of benzene rings is 1. The van der Waals surface area contributed by atoms with Gasteiger partial charge < -0.3 is 14.4 Å². The molecule has 1 aliphatic rings. The molecule has 0 N–H and O–H groups in total. The summed E-state index contributed by atoms with van der Waals surface area (Å²) in [7, 11) is 2.97. The highest BCUT2D eigenvalue weighted by molar-refractivity contribution is 5.96. The Morgan fingerprint density at radius 2 is 2.05 bits per heavy atom. The summed E-state index contributed by atoms with van der Waals surface area (Å²) in [5.41, 5.74) is 0.814. The van der Waals surface area contributed by atoms with Crippen LogP contribution in [0.4, 0.5) is 11.4 Å². The zero-order valence-electron chi connectivity index (χ0n) is 12.8. The van der Waals surface area contributed by atoms with Gasteiger partial charge in [-0.05, 0) is 24.8 Å². The number of hydrogen-bond donors (Lipinski definition) is 0. The summed E-state index contributed by atoms with van der Waals surface area (Å²) in [5.74, 6) is -0.0430. The molecule has 0 radical (unpaired) electrons. The zero-order chi connectivity index (χ0) is 16.1. The molecule has 0 spiro atoms. The molecule has 0 aromatic heterocycles. The zero-order valence-corrected chi connectivity index (χ0v) is 12.8. The van der Waals surface area contributed by atoms with Gasteiger partial charge in [-0.15, -0.1) is 0 Å². The second-order valence-electron chi connectivity index (χ2n) is 5.34. The van der Waals surface area contributed by atoms with Crippen molar-refractivity contribution in [3.05, 3.63) is 33.9 Å². The number of carbonyl (C=O) groups is 1. The van der Waals surface area contributed by atoms with Gasteiger partial charge >= 0.3 is 5.97 Å². The predicted molar refractivity (Wildman–Crippen MR) is 81.2 cm³/mol. The van der Waals surface area contributed by atoms with Crippen LogP contribution in [0.1, 0.15) is 23.2 Å². The third-order valence-corrected chi connectivity index (χ3v) is 3.95. The number of carbonyl (C=O) groups excluding carboxylic acids is 1. The lowest BCUT2D eigenvalue weighted by atomic mass is 9.96. The van der Waals surface area contributed by atoms with Crippen LogP contribution < -0.4 is 4.90 Å². The van der Waals surface area contributed by atoms with Gasteiger partial charge in [0.25, 0.3) is 5.69 Å². The van der Waals surface area contributed by atoms with E-state index in [1.807, 2.05) is 0 Å². The second kappa shape index (κ2) is 7.22. The Labute approximate surface area is 129 Å². The van der Waals surface area contributed by atoms with Crippen molar-refractivity contribution in [2.75, 3.05) is 38.8 Å². The van der Waals surface area contributed by atoms with Crippen LogP contribution in [0.5, 0.6) is 0 Å². The number of methoxy groups -OCH3 is 2. The van der Waals surface area contributed by atoms with E-state index in [9.17, 15) is 14.9 Å². The highest BCUT2D eigenvalue weighted by Crippen LogP contribution is 2.29. The van der Waals surface area contributed by atoms with Crippen molar-refractivity contribution in [1.82, 2.24) is 0 Å². The summed E-state index contributed by atoms with van der Waals surface area (Å²) in [6.07, 6.45) is 1.93. The highest BCUT2D eigenvalue weighted by Gasteiger charge is 2.25. The minimum atomic E-state index is -0.558. The summed E-state index contributed by atoms with van der Waals surface area (Å²) < 4.78 is 9.93. The molecule has 0 saturated carbocycles. The highest BCUT2D eigenvalue weighted by atomic mass is 16.6. The average Bonchev–Trinajstić information content (AvgIpc) is 2.54. The van der Waals surface area contributed by atoms with Crippen LogP contribution in [0.3, 0.4) is 0 Å². The molecule has 1 aliphatic heterocycles. The molecule has 1 aromatic carbocycles. The molecule has 7 nitrogen and oxygen atoms in total. The summed E-state index contributed by atoms with van der Waals surface area (Å²) in [6, 6.07) is 4.33. The third kappa shape index (κ3) is 3.54. The number of piperidine rings is 1. The van der Waals surface area contributed by atoms with E-state index in [0.717, 1.165) is 32.5 Å². The summed E-state index contributed by atoms with van der Waals surface area (Å²) in [6.45, 7) is 2.31. The lowest BCUT2D eigenvalue weighted by Crippen LogP contribution is -2.36. The summed E-state index contributed by atoms with van der Waals surface area (Å²) >= 11 is 0. The van der Waals surface area contributed by atoms with Crippen molar-refractivity contribution in [3.8, 4) is 0 Å². The molecule has 0 bridgehead atoms. The first kappa shape index (κ1) is 16.2. The van der Waals surface area contributed by atoms with Crippen molar-refractivity contribution in [2.24, 2.45) is 5.92 Å². The smallest absolute Gasteiger partial charge is 0.340 e. The van der Waals surface area contributed by atoms with Gasteiger partial charge in [0.05, 0.1) is 23.3 Å². The monoisotopic (exact) mass is 308 g/mol. The van der Waals surface area contributed by atoms with E-state index in [1.165, 1.54) is 19.2 Å². The van der Waals surface area contributed by atoms with Crippen LogP contribution in [0.2, 0.25) is 0 Å². The summed E-state index contributed by atoms with van der Waals surface area (Å²) in [5, 5.41) is 10.9. The first-order valence-electron chi connectivity index (χ1n) is 7.17. The Bertz CT molecular complexity index is 553.